The van der Waals surface area contributed by atoms with Crippen LogP contribution in [-0.4, -0.2) is 25.2 Å². The topological polar surface area (TPSA) is 68.5 Å². The number of anilines is 1. The van der Waals surface area contributed by atoms with Gasteiger partial charge in [-0.2, -0.15) is 0 Å². The first-order chi connectivity index (χ1) is 7.27. The van der Waals surface area contributed by atoms with Crippen LogP contribution in [0.5, 0.6) is 0 Å². The normalized spacial score (nSPS) is 10.3. The molecule has 0 aliphatic rings. The average Bonchev–Trinajstić information content (AvgIpc) is 2.63. The molecule has 0 saturated carbocycles. The number of rotatable bonds is 3. The molecule has 6 nitrogen and oxygen atoms in total. The van der Waals surface area contributed by atoms with Gasteiger partial charge in [0, 0.05) is 26.0 Å². The Morgan fingerprint density at radius 2 is 2.33 bits per heavy atom. The Hall–Kier alpha value is -1.98. The summed E-state index contributed by atoms with van der Waals surface area (Å²) < 4.78 is 1.59. The quantitative estimate of drug-likeness (QED) is 0.789. The van der Waals surface area contributed by atoms with Gasteiger partial charge < -0.3 is 5.32 Å². The minimum Gasteiger partial charge on any atom is -0.349 e. The molecule has 15 heavy (non-hydrogen) atoms. The van der Waals surface area contributed by atoms with E-state index in [-0.39, 0.29) is 0 Å². The van der Waals surface area contributed by atoms with E-state index >= 15 is 0 Å². The van der Waals surface area contributed by atoms with Gasteiger partial charge >= 0.3 is 0 Å². The van der Waals surface area contributed by atoms with E-state index in [0.717, 1.165) is 5.56 Å². The molecule has 0 fully saturated rings. The maximum Gasteiger partial charge on any atom is 0.242 e. The van der Waals surface area contributed by atoms with Crippen LogP contribution in [-0.2, 0) is 13.6 Å². The molecule has 2 rings (SSSR count). The van der Waals surface area contributed by atoms with Crippen molar-refractivity contribution < 1.29 is 0 Å². The fraction of sp³-hybridized carbons (Fsp3) is 0.333. The summed E-state index contributed by atoms with van der Waals surface area (Å²) >= 11 is 0. The van der Waals surface area contributed by atoms with E-state index in [1.165, 1.54) is 5.56 Å². The summed E-state index contributed by atoms with van der Waals surface area (Å²) in [5.41, 5.74) is 2.34. The summed E-state index contributed by atoms with van der Waals surface area (Å²) in [6.07, 6.45) is 3.62. The van der Waals surface area contributed by atoms with Crippen LogP contribution in [0, 0.1) is 6.92 Å². The van der Waals surface area contributed by atoms with Crippen LogP contribution in [0.25, 0.3) is 0 Å². The fourth-order valence-corrected chi connectivity index (χ4v) is 1.24. The number of tetrazole rings is 1. The summed E-state index contributed by atoms with van der Waals surface area (Å²) in [5, 5.41) is 14.2. The van der Waals surface area contributed by atoms with Crippen LogP contribution in [0.1, 0.15) is 11.1 Å². The lowest BCUT2D eigenvalue weighted by atomic mass is 10.2. The number of pyridine rings is 1. The predicted molar refractivity (Wildman–Crippen MR) is 55.1 cm³/mol. The lowest BCUT2D eigenvalue weighted by Gasteiger charge is -2.05. The lowest BCUT2D eigenvalue weighted by Crippen LogP contribution is -2.06. The Labute approximate surface area is 87.3 Å². The van der Waals surface area contributed by atoms with E-state index in [1.54, 1.807) is 17.9 Å². The highest BCUT2D eigenvalue weighted by molar-refractivity contribution is 5.28. The molecule has 0 atom stereocenters. The third-order valence-corrected chi connectivity index (χ3v) is 2.20. The van der Waals surface area contributed by atoms with E-state index < -0.39 is 0 Å². The Kier molecular flexibility index (Phi) is 2.57. The summed E-state index contributed by atoms with van der Waals surface area (Å²) in [6, 6.07) is 1.98. The molecule has 78 valence electrons. The minimum atomic E-state index is 0.651. The van der Waals surface area contributed by atoms with E-state index in [2.05, 4.69) is 25.8 Å². The molecule has 0 aliphatic heterocycles. The van der Waals surface area contributed by atoms with E-state index in [1.807, 2.05) is 19.2 Å². The zero-order chi connectivity index (χ0) is 10.7. The summed E-state index contributed by atoms with van der Waals surface area (Å²) in [4.78, 5) is 4.07. The predicted octanol–water partition coefficient (Wildman–Crippen LogP) is 0.526. The van der Waals surface area contributed by atoms with Crippen molar-refractivity contribution in [2.75, 3.05) is 5.32 Å². The fourth-order valence-electron chi connectivity index (χ4n) is 1.24. The Morgan fingerprint density at radius 1 is 1.47 bits per heavy atom. The van der Waals surface area contributed by atoms with E-state index in [9.17, 15) is 0 Å². The van der Waals surface area contributed by atoms with Crippen LogP contribution in [0.4, 0.5) is 5.95 Å². The Balaban J connectivity index is 2.06. The molecule has 0 radical (unpaired) electrons. The van der Waals surface area contributed by atoms with Crippen molar-refractivity contribution in [3.63, 3.8) is 0 Å². The van der Waals surface area contributed by atoms with Crippen LogP contribution in [0.15, 0.2) is 18.5 Å². The van der Waals surface area contributed by atoms with Gasteiger partial charge in [0.15, 0.2) is 0 Å². The van der Waals surface area contributed by atoms with Crippen LogP contribution >= 0.6 is 0 Å². The van der Waals surface area contributed by atoms with Gasteiger partial charge in [-0.05, 0) is 34.5 Å². The molecule has 0 aromatic carbocycles. The van der Waals surface area contributed by atoms with Crippen molar-refractivity contribution in [1.29, 1.82) is 0 Å². The van der Waals surface area contributed by atoms with Crippen molar-refractivity contribution in [2.24, 2.45) is 7.05 Å². The summed E-state index contributed by atoms with van der Waals surface area (Å²) in [7, 11) is 1.79. The van der Waals surface area contributed by atoms with Crippen LogP contribution in [0.2, 0.25) is 0 Å². The van der Waals surface area contributed by atoms with Gasteiger partial charge in [0.2, 0.25) is 5.95 Å². The van der Waals surface area contributed by atoms with Crippen LogP contribution in [0.3, 0.4) is 0 Å². The maximum absolute atomic E-state index is 4.07. The molecule has 2 aromatic heterocycles. The summed E-state index contributed by atoms with van der Waals surface area (Å²) in [5.74, 6) is 0.651. The third-order valence-electron chi connectivity index (χ3n) is 2.20. The first kappa shape index (κ1) is 9.57. The van der Waals surface area contributed by atoms with Crippen LogP contribution < -0.4 is 5.32 Å². The second kappa shape index (κ2) is 4.04. The Morgan fingerprint density at radius 3 is 3.00 bits per heavy atom. The molecule has 1 N–H and O–H groups in total. The van der Waals surface area contributed by atoms with E-state index in [0.29, 0.717) is 12.5 Å². The standard InChI is InChI=1S/C9H12N6/c1-7-3-4-10-5-8(7)6-11-9-12-13-14-15(9)2/h3-5H,6H2,1-2H3,(H,11,12,14). The molecular formula is C9H12N6. The zero-order valence-corrected chi connectivity index (χ0v) is 8.68. The van der Waals surface area contributed by atoms with Gasteiger partial charge in [-0.25, -0.2) is 4.68 Å². The monoisotopic (exact) mass is 204 g/mol. The first-order valence-corrected chi connectivity index (χ1v) is 4.63. The number of nitrogens with zero attached hydrogens (tertiary/aromatic N) is 5. The third kappa shape index (κ3) is 2.09. The molecule has 0 saturated heterocycles. The highest BCUT2D eigenvalue weighted by Gasteiger charge is 2.02. The number of hydrogen-bond donors (Lipinski definition) is 1. The zero-order valence-electron chi connectivity index (χ0n) is 8.68. The van der Waals surface area contributed by atoms with Crippen molar-refractivity contribution in [2.45, 2.75) is 13.5 Å². The smallest absolute Gasteiger partial charge is 0.242 e. The molecule has 0 bridgehead atoms. The lowest BCUT2D eigenvalue weighted by molar-refractivity contribution is 0.712. The van der Waals surface area contributed by atoms with Gasteiger partial charge in [0.05, 0.1) is 0 Å². The SMILES string of the molecule is Cc1ccncc1CNc1nnnn1C. The number of aryl methyl sites for hydroxylation is 2. The highest BCUT2D eigenvalue weighted by Crippen LogP contribution is 2.07. The summed E-state index contributed by atoms with van der Waals surface area (Å²) in [6.45, 7) is 2.72. The molecule has 0 amide bonds. The molecular weight excluding hydrogens is 192 g/mol. The van der Waals surface area contributed by atoms with Gasteiger partial charge in [-0.3, -0.25) is 4.98 Å². The average molecular weight is 204 g/mol. The number of hydrogen-bond acceptors (Lipinski definition) is 5. The van der Waals surface area contributed by atoms with Crippen molar-refractivity contribution in [3.8, 4) is 0 Å². The number of aromatic nitrogens is 5. The van der Waals surface area contributed by atoms with Gasteiger partial charge in [0.25, 0.3) is 0 Å². The largest absolute Gasteiger partial charge is 0.349 e. The molecule has 0 unspecified atom stereocenters. The first-order valence-electron chi connectivity index (χ1n) is 4.63. The van der Waals surface area contributed by atoms with Gasteiger partial charge in [-0.15, -0.1) is 0 Å². The molecule has 2 heterocycles. The van der Waals surface area contributed by atoms with Gasteiger partial charge in [0.1, 0.15) is 0 Å². The molecule has 0 aliphatic carbocycles. The Bertz CT molecular complexity index is 449. The van der Waals surface area contributed by atoms with Crippen molar-refractivity contribution >= 4 is 5.95 Å². The minimum absolute atomic E-state index is 0.651. The highest BCUT2D eigenvalue weighted by atomic mass is 15.6. The van der Waals surface area contributed by atoms with Crippen molar-refractivity contribution in [1.82, 2.24) is 25.2 Å². The van der Waals surface area contributed by atoms with Gasteiger partial charge in [-0.1, -0.05) is 5.10 Å². The molecule has 2 aromatic rings. The molecule has 6 heteroatoms. The van der Waals surface area contributed by atoms with Crippen molar-refractivity contribution in [3.05, 3.63) is 29.6 Å². The maximum atomic E-state index is 4.07. The number of nitrogens with one attached hydrogen (secondary N) is 1. The second-order valence-corrected chi connectivity index (χ2v) is 3.28. The second-order valence-electron chi connectivity index (χ2n) is 3.28. The molecule has 0 spiro atoms. The van der Waals surface area contributed by atoms with E-state index in [4.69, 9.17) is 0 Å².